The number of fused-ring (bicyclic) bond motifs is 2. The molecule has 2 aromatic rings. The van der Waals surface area contributed by atoms with Gasteiger partial charge < -0.3 is 20.1 Å². The Morgan fingerprint density at radius 3 is 2.29 bits per heavy atom. The number of benzene rings is 2. The molecule has 0 saturated heterocycles. The standard InChI is InChI=1S/C18H16O6/c1-8(19)3-9-4-11-15(13(21)5-9)18(23)16-12(17(11)22)6-10(20)7-14(16)24-2/h4-8,19-21H,3H2,1-2H3. The lowest BCUT2D eigenvalue weighted by Crippen LogP contribution is -2.22. The number of phenols is 2. The highest BCUT2D eigenvalue weighted by molar-refractivity contribution is 6.30. The van der Waals surface area contributed by atoms with E-state index in [0.717, 1.165) is 0 Å². The summed E-state index contributed by atoms with van der Waals surface area (Å²) in [7, 11) is 1.33. The first-order chi connectivity index (χ1) is 11.3. The normalized spacial score (nSPS) is 14.1. The lowest BCUT2D eigenvalue weighted by atomic mass is 9.81. The number of phenolic OH excluding ortho intramolecular Hbond substituents is 2. The van der Waals surface area contributed by atoms with Crippen molar-refractivity contribution in [1.29, 1.82) is 0 Å². The molecule has 6 nitrogen and oxygen atoms in total. The van der Waals surface area contributed by atoms with Crippen LogP contribution in [0.15, 0.2) is 24.3 Å². The number of methoxy groups -OCH3 is 1. The fourth-order valence-electron chi connectivity index (χ4n) is 3.01. The van der Waals surface area contributed by atoms with E-state index in [4.69, 9.17) is 4.74 Å². The Bertz CT molecular complexity index is 866. The average Bonchev–Trinajstić information content (AvgIpc) is 2.50. The van der Waals surface area contributed by atoms with Crippen LogP contribution in [-0.4, -0.2) is 40.1 Å². The lowest BCUT2D eigenvalue weighted by molar-refractivity contribution is 0.0973. The summed E-state index contributed by atoms with van der Waals surface area (Å²) in [5.41, 5.74) is 0.545. The second kappa shape index (κ2) is 5.65. The first-order valence-electron chi connectivity index (χ1n) is 7.37. The van der Waals surface area contributed by atoms with Crippen LogP contribution >= 0.6 is 0 Å². The monoisotopic (exact) mass is 328 g/mol. The van der Waals surface area contributed by atoms with Crippen LogP contribution in [0.3, 0.4) is 0 Å². The summed E-state index contributed by atoms with van der Waals surface area (Å²) in [6, 6.07) is 5.31. The van der Waals surface area contributed by atoms with Crippen molar-refractivity contribution < 1.29 is 29.6 Å². The van der Waals surface area contributed by atoms with E-state index in [1.165, 1.54) is 31.4 Å². The maximum Gasteiger partial charge on any atom is 0.201 e. The van der Waals surface area contributed by atoms with Gasteiger partial charge in [0.2, 0.25) is 5.78 Å². The van der Waals surface area contributed by atoms with Crippen molar-refractivity contribution in [3.8, 4) is 17.2 Å². The van der Waals surface area contributed by atoms with Gasteiger partial charge in [-0.05, 0) is 37.1 Å². The summed E-state index contributed by atoms with van der Waals surface area (Å²) in [5, 5.41) is 29.5. The van der Waals surface area contributed by atoms with Crippen molar-refractivity contribution >= 4 is 11.6 Å². The van der Waals surface area contributed by atoms with Crippen molar-refractivity contribution in [1.82, 2.24) is 0 Å². The molecule has 3 rings (SSSR count). The number of ketones is 2. The minimum absolute atomic E-state index is 0.0198. The molecule has 1 atom stereocenters. The summed E-state index contributed by atoms with van der Waals surface area (Å²) in [5.74, 6) is -1.47. The topological polar surface area (TPSA) is 104 Å². The minimum Gasteiger partial charge on any atom is -0.508 e. The molecule has 1 unspecified atom stereocenters. The molecule has 0 radical (unpaired) electrons. The fraction of sp³-hybridized carbons (Fsp3) is 0.222. The Morgan fingerprint density at radius 2 is 1.67 bits per heavy atom. The number of ether oxygens (including phenoxy) is 1. The van der Waals surface area contributed by atoms with Crippen molar-refractivity contribution in [2.45, 2.75) is 19.4 Å². The van der Waals surface area contributed by atoms with Gasteiger partial charge in [0.15, 0.2) is 5.78 Å². The number of aliphatic hydroxyl groups is 1. The summed E-state index contributed by atoms with van der Waals surface area (Å²) >= 11 is 0. The molecule has 2 aromatic carbocycles. The van der Waals surface area contributed by atoms with E-state index in [0.29, 0.717) is 5.56 Å². The van der Waals surface area contributed by atoms with Gasteiger partial charge in [0.1, 0.15) is 17.2 Å². The van der Waals surface area contributed by atoms with Crippen LogP contribution in [0.5, 0.6) is 17.2 Å². The Hall–Kier alpha value is -2.86. The van der Waals surface area contributed by atoms with E-state index in [1.54, 1.807) is 6.92 Å². The number of aliphatic hydroxyl groups excluding tert-OH is 1. The second-order valence-electron chi connectivity index (χ2n) is 5.82. The van der Waals surface area contributed by atoms with Gasteiger partial charge in [0.05, 0.1) is 24.3 Å². The molecule has 1 aliphatic rings. The Morgan fingerprint density at radius 1 is 1.00 bits per heavy atom. The molecular weight excluding hydrogens is 312 g/mol. The molecule has 0 fully saturated rings. The lowest BCUT2D eigenvalue weighted by Gasteiger charge is -2.21. The molecule has 0 saturated carbocycles. The van der Waals surface area contributed by atoms with Gasteiger partial charge in [-0.25, -0.2) is 0 Å². The van der Waals surface area contributed by atoms with Gasteiger partial charge in [0.25, 0.3) is 0 Å². The van der Waals surface area contributed by atoms with E-state index >= 15 is 0 Å². The zero-order valence-electron chi connectivity index (χ0n) is 13.2. The third-order valence-electron chi connectivity index (χ3n) is 3.96. The molecule has 0 spiro atoms. The van der Waals surface area contributed by atoms with Crippen LogP contribution in [0.1, 0.15) is 44.3 Å². The molecule has 124 valence electrons. The predicted octanol–water partition coefficient (Wildman–Crippen LogP) is 1.81. The van der Waals surface area contributed by atoms with Gasteiger partial charge in [-0.15, -0.1) is 0 Å². The van der Waals surface area contributed by atoms with Crippen molar-refractivity contribution in [3.63, 3.8) is 0 Å². The maximum absolute atomic E-state index is 12.8. The molecule has 0 aliphatic heterocycles. The van der Waals surface area contributed by atoms with Gasteiger partial charge in [-0.1, -0.05) is 0 Å². The second-order valence-corrected chi connectivity index (χ2v) is 5.82. The number of hydrogen-bond acceptors (Lipinski definition) is 6. The van der Waals surface area contributed by atoms with Crippen LogP contribution < -0.4 is 4.74 Å². The number of hydrogen-bond donors (Lipinski definition) is 3. The fourth-order valence-corrected chi connectivity index (χ4v) is 3.01. The Kier molecular flexibility index (Phi) is 3.77. The van der Waals surface area contributed by atoms with E-state index < -0.39 is 17.7 Å². The molecule has 0 aromatic heterocycles. The van der Waals surface area contributed by atoms with Gasteiger partial charge in [-0.2, -0.15) is 0 Å². The first kappa shape index (κ1) is 16.0. The molecule has 0 amide bonds. The quantitative estimate of drug-likeness (QED) is 0.677. The zero-order chi connectivity index (χ0) is 17.6. The smallest absolute Gasteiger partial charge is 0.201 e. The summed E-state index contributed by atoms with van der Waals surface area (Å²) < 4.78 is 5.10. The molecule has 6 heteroatoms. The largest absolute Gasteiger partial charge is 0.508 e. The van der Waals surface area contributed by atoms with Crippen LogP contribution in [0.2, 0.25) is 0 Å². The molecule has 1 aliphatic carbocycles. The number of rotatable bonds is 3. The molecule has 3 N–H and O–H groups in total. The summed E-state index contributed by atoms with van der Waals surface area (Å²) in [6.45, 7) is 1.58. The van der Waals surface area contributed by atoms with Crippen molar-refractivity contribution in [2.75, 3.05) is 7.11 Å². The Balaban J connectivity index is 2.25. The summed E-state index contributed by atoms with van der Waals surface area (Å²) in [4.78, 5) is 25.5. The van der Waals surface area contributed by atoms with Crippen LogP contribution in [0.4, 0.5) is 0 Å². The minimum atomic E-state index is -0.659. The molecule has 24 heavy (non-hydrogen) atoms. The first-order valence-corrected chi connectivity index (χ1v) is 7.37. The molecule has 0 heterocycles. The van der Waals surface area contributed by atoms with E-state index in [9.17, 15) is 24.9 Å². The molecule has 0 bridgehead atoms. The molecular formula is C18H16O6. The van der Waals surface area contributed by atoms with E-state index in [2.05, 4.69) is 0 Å². The highest BCUT2D eigenvalue weighted by Gasteiger charge is 2.35. The Labute approximate surface area is 137 Å². The van der Waals surface area contributed by atoms with Crippen LogP contribution in [-0.2, 0) is 6.42 Å². The van der Waals surface area contributed by atoms with E-state index in [-0.39, 0.29) is 45.9 Å². The predicted molar refractivity (Wildman–Crippen MR) is 85.0 cm³/mol. The van der Waals surface area contributed by atoms with Crippen LogP contribution in [0.25, 0.3) is 0 Å². The van der Waals surface area contributed by atoms with E-state index in [1.807, 2.05) is 0 Å². The van der Waals surface area contributed by atoms with Gasteiger partial charge in [0, 0.05) is 17.2 Å². The van der Waals surface area contributed by atoms with Crippen LogP contribution in [0, 0.1) is 0 Å². The van der Waals surface area contributed by atoms with Gasteiger partial charge in [-0.3, -0.25) is 9.59 Å². The maximum atomic E-state index is 12.8. The number of carbonyl (C=O) groups excluding carboxylic acids is 2. The van der Waals surface area contributed by atoms with Gasteiger partial charge >= 0.3 is 0 Å². The highest BCUT2D eigenvalue weighted by atomic mass is 16.5. The zero-order valence-corrected chi connectivity index (χ0v) is 13.2. The number of aromatic hydroxyl groups is 2. The third kappa shape index (κ3) is 2.41. The highest BCUT2D eigenvalue weighted by Crippen LogP contribution is 2.39. The summed E-state index contributed by atoms with van der Waals surface area (Å²) in [6.07, 6.45) is -0.424. The van der Waals surface area contributed by atoms with Crippen molar-refractivity contribution in [2.24, 2.45) is 0 Å². The van der Waals surface area contributed by atoms with Crippen molar-refractivity contribution in [3.05, 3.63) is 52.1 Å². The SMILES string of the molecule is COc1cc(O)cc2c1C(=O)c1c(O)cc(CC(C)O)cc1C2=O. The average molecular weight is 328 g/mol. The number of carbonyl (C=O) groups is 2. The third-order valence-corrected chi connectivity index (χ3v) is 3.96.